The van der Waals surface area contributed by atoms with Crippen molar-refractivity contribution in [1.29, 1.82) is 0 Å². The molecule has 7 heteroatoms. The van der Waals surface area contributed by atoms with Crippen LogP contribution >= 0.6 is 27.3 Å². The van der Waals surface area contributed by atoms with Crippen LogP contribution in [0.1, 0.15) is 5.56 Å². The number of nitrogens with zero attached hydrogens (tertiary/aromatic N) is 2. The van der Waals surface area contributed by atoms with Crippen molar-refractivity contribution in [3.8, 4) is 0 Å². The van der Waals surface area contributed by atoms with E-state index in [1.54, 1.807) is 23.5 Å². The SMILES string of the molecule is Cc1ccc2nc(N3CC(C(=O)Nc4ccc(Br)cc4F)C3)sc2c1. The fraction of sp³-hybridized carbons (Fsp3) is 0.222. The van der Waals surface area contributed by atoms with E-state index in [0.29, 0.717) is 17.6 Å². The minimum Gasteiger partial charge on any atom is -0.346 e. The van der Waals surface area contributed by atoms with Gasteiger partial charge in [0, 0.05) is 17.6 Å². The van der Waals surface area contributed by atoms with Gasteiger partial charge in [-0.15, -0.1) is 0 Å². The highest BCUT2D eigenvalue weighted by Crippen LogP contribution is 2.33. The van der Waals surface area contributed by atoms with E-state index in [2.05, 4.69) is 44.1 Å². The van der Waals surface area contributed by atoms with Crippen LogP contribution in [-0.2, 0) is 4.79 Å². The molecule has 0 aliphatic carbocycles. The molecular weight excluding hydrogens is 405 g/mol. The Morgan fingerprint density at radius 3 is 2.88 bits per heavy atom. The molecule has 2 heterocycles. The average Bonchev–Trinajstić information content (AvgIpc) is 2.91. The summed E-state index contributed by atoms with van der Waals surface area (Å²) in [5, 5.41) is 3.60. The van der Waals surface area contributed by atoms with Crippen molar-refractivity contribution in [2.45, 2.75) is 6.92 Å². The van der Waals surface area contributed by atoms with Gasteiger partial charge in [0.25, 0.3) is 0 Å². The summed E-state index contributed by atoms with van der Waals surface area (Å²) < 4.78 is 15.6. The molecule has 128 valence electrons. The first-order valence-corrected chi connectivity index (χ1v) is 9.48. The van der Waals surface area contributed by atoms with Gasteiger partial charge in [0.05, 0.1) is 21.8 Å². The number of amides is 1. The summed E-state index contributed by atoms with van der Waals surface area (Å²) in [7, 11) is 0. The first kappa shape index (κ1) is 16.5. The molecule has 0 saturated carbocycles. The molecule has 1 fully saturated rings. The molecule has 1 amide bonds. The van der Waals surface area contributed by atoms with Gasteiger partial charge < -0.3 is 10.2 Å². The van der Waals surface area contributed by atoms with Gasteiger partial charge in [-0.2, -0.15) is 0 Å². The summed E-state index contributed by atoms with van der Waals surface area (Å²) >= 11 is 4.84. The quantitative estimate of drug-likeness (QED) is 0.675. The molecule has 1 saturated heterocycles. The standard InChI is InChI=1S/C18H15BrFN3OS/c1-10-2-4-15-16(6-10)25-18(22-15)23-8-11(9-23)17(24)21-14-5-3-12(19)7-13(14)20/h2-7,11H,8-9H2,1H3,(H,21,24). The van der Waals surface area contributed by atoms with Gasteiger partial charge in [-0.1, -0.05) is 33.3 Å². The van der Waals surface area contributed by atoms with Crippen LogP contribution in [0, 0.1) is 18.7 Å². The molecule has 4 rings (SSSR count). The highest BCUT2D eigenvalue weighted by molar-refractivity contribution is 9.10. The minimum atomic E-state index is -0.444. The van der Waals surface area contributed by atoms with Crippen molar-refractivity contribution < 1.29 is 9.18 Å². The normalized spacial score (nSPS) is 14.6. The first-order chi connectivity index (χ1) is 12.0. The van der Waals surface area contributed by atoms with Crippen LogP contribution in [0.15, 0.2) is 40.9 Å². The number of fused-ring (bicyclic) bond motifs is 1. The zero-order valence-corrected chi connectivity index (χ0v) is 15.8. The Morgan fingerprint density at radius 1 is 1.32 bits per heavy atom. The predicted molar refractivity (Wildman–Crippen MR) is 103 cm³/mol. The fourth-order valence-electron chi connectivity index (χ4n) is 2.78. The van der Waals surface area contributed by atoms with E-state index in [4.69, 9.17) is 0 Å². The molecule has 0 bridgehead atoms. The summed E-state index contributed by atoms with van der Waals surface area (Å²) in [6.07, 6.45) is 0. The number of aryl methyl sites for hydroxylation is 1. The largest absolute Gasteiger partial charge is 0.346 e. The van der Waals surface area contributed by atoms with Crippen molar-refractivity contribution in [3.63, 3.8) is 0 Å². The average molecular weight is 420 g/mol. The molecule has 0 radical (unpaired) electrons. The lowest BCUT2D eigenvalue weighted by atomic mass is 10.00. The molecular formula is C18H15BrFN3OS. The highest BCUT2D eigenvalue weighted by atomic mass is 79.9. The molecule has 4 nitrogen and oxygen atoms in total. The van der Waals surface area contributed by atoms with E-state index in [-0.39, 0.29) is 17.5 Å². The van der Waals surface area contributed by atoms with Crippen molar-refractivity contribution in [2.24, 2.45) is 5.92 Å². The number of hydrogen-bond donors (Lipinski definition) is 1. The van der Waals surface area contributed by atoms with E-state index in [0.717, 1.165) is 15.3 Å². The van der Waals surface area contributed by atoms with Gasteiger partial charge >= 0.3 is 0 Å². The number of hydrogen-bond acceptors (Lipinski definition) is 4. The number of rotatable bonds is 3. The van der Waals surface area contributed by atoms with Crippen LogP contribution in [-0.4, -0.2) is 24.0 Å². The summed E-state index contributed by atoms with van der Waals surface area (Å²) in [5.74, 6) is -0.758. The van der Waals surface area contributed by atoms with Crippen LogP contribution in [0.4, 0.5) is 15.2 Å². The Bertz CT molecular complexity index is 968. The van der Waals surface area contributed by atoms with Gasteiger partial charge in [-0.05, 0) is 42.8 Å². The van der Waals surface area contributed by atoms with Gasteiger partial charge in [0.15, 0.2) is 5.13 Å². The van der Waals surface area contributed by atoms with Gasteiger partial charge in [0.1, 0.15) is 5.82 Å². The number of thiazole rings is 1. The molecule has 25 heavy (non-hydrogen) atoms. The Hall–Kier alpha value is -1.99. The predicted octanol–water partition coefficient (Wildman–Crippen LogP) is 4.58. The van der Waals surface area contributed by atoms with E-state index >= 15 is 0 Å². The minimum absolute atomic E-state index is 0.156. The Balaban J connectivity index is 1.41. The fourth-order valence-corrected chi connectivity index (χ4v) is 4.20. The monoisotopic (exact) mass is 419 g/mol. The van der Waals surface area contributed by atoms with Gasteiger partial charge in [0.2, 0.25) is 5.91 Å². The molecule has 0 atom stereocenters. The molecule has 1 aliphatic heterocycles. The van der Waals surface area contributed by atoms with Crippen LogP contribution in [0.25, 0.3) is 10.2 Å². The lowest BCUT2D eigenvalue weighted by molar-refractivity contribution is -0.120. The number of nitrogens with one attached hydrogen (secondary N) is 1. The summed E-state index contributed by atoms with van der Waals surface area (Å²) in [6.45, 7) is 3.26. The topological polar surface area (TPSA) is 45.2 Å². The molecule has 3 aromatic rings. The van der Waals surface area contributed by atoms with Crippen LogP contribution < -0.4 is 10.2 Å². The number of anilines is 2. The second-order valence-corrected chi connectivity index (χ2v) is 8.11. The number of aromatic nitrogens is 1. The van der Waals surface area contributed by atoms with Gasteiger partial charge in [-0.3, -0.25) is 4.79 Å². The maximum absolute atomic E-state index is 13.8. The zero-order valence-electron chi connectivity index (χ0n) is 13.4. The zero-order chi connectivity index (χ0) is 17.6. The van der Waals surface area contributed by atoms with Crippen LogP contribution in [0.2, 0.25) is 0 Å². The smallest absolute Gasteiger partial charge is 0.231 e. The number of carbonyl (C=O) groups is 1. The number of benzene rings is 2. The van der Waals surface area contributed by atoms with Crippen LogP contribution in [0.5, 0.6) is 0 Å². The lowest BCUT2D eigenvalue weighted by Crippen LogP contribution is -2.52. The summed E-state index contributed by atoms with van der Waals surface area (Å²) in [5.41, 5.74) is 2.40. The third-order valence-electron chi connectivity index (χ3n) is 4.24. The first-order valence-electron chi connectivity index (χ1n) is 7.87. The third kappa shape index (κ3) is 3.26. The molecule has 1 aliphatic rings. The van der Waals surface area contributed by atoms with E-state index in [1.807, 2.05) is 12.1 Å². The molecule has 2 aromatic carbocycles. The van der Waals surface area contributed by atoms with Crippen molar-refractivity contribution in [1.82, 2.24) is 4.98 Å². The summed E-state index contributed by atoms with van der Waals surface area (Å²) in [6, 6.07) is 10.8. The Kier molecular flexibility index (Phi) is 4.21. The number of halogens is 2. The Morgan fingerprint density at radius 2 is 2.12 bits per heavy atom. The van der Waals surface area contributed by atoms with E-state index < -0.39 is 5.82 Å². The van der Waals surface area contributed by atoms with Crippen molar-refractivity contribution in [3.05, 3.63) is 52.3 Å². The van der Waals surface area contributed by atoms with E-state index in [9.17, 15) is 9.18 Å². The van der Waals surface area contributed by atoms with E-state index in [1.165, 1.54) is 11.6 Å². The second kappa shape index (κ2) is 6.38. The van der Waals surface area contributed by atoms with Crippen molar-refractivity contribution >= 4 is 54.2 Å². The molecule has 0 unspecified atom stereocenters. The van der Waals surface area contributed by atoms with Crippen molar-refractivity contribution in [2.75, 3.05) is 23.3 Å². The number of carbonyl (C=O) groups excluding carboxylic acids is 1. The maximum Gasteiger partial charge on any atom is 0.231 e. The molecule has 1 N–H and O–H groups in total. The van der Waals surface area contributed by atoms with Crippen LogP contribution in [0.3, 0.4) is 0 Å². The summed E-state index contributed by atoms with van der Waals surface area (Å²) in [4.78, 5) is 19.0. The second-order valence-electron chi connectivity index (χ2n) is 6.18. The van der Waals surface area contributed by atoms with Gasteiger partial charge in [-0.25, -0.2) is 9.37 Å². The lowest BCUT2D eigenvalue weighted by Gasteiger charge is -2.37. The highest BCUT2D eigenvalue weighted by Gasteiger charge is 2.34. The Labute approximate surface area is 156 Å². The molecule has 0 spiro atoms. The third-order valence-corrected chi connectivity index (χ3v) is 5.82. The molecule has 1 aromatic heterocycles. The maximum atomic E-state index is 13.8.